The van der Waals surface area contributed by atoms with Crippen LogP contribution in [0.5, 0.6) is 11.5 Å². The van der Waals surface area contributed by atoms with Gasteiger partial charge in [0.2, 0.25) is 0 Å². The summed E-state index contributed by atoms with van der Waals surface area (Å²) in [5.41, 5.74) is 0.767. The fourth-order valence-corrected chi connectivity index (χ4v) is 4.62. The summed E-state index contributed by atoms with van der Waals surface area (Å²) in [6.07, 6.45) is 0. The average molecular weight is 455 g/mol. The van der Waals surface area contributed by atoms with Crippen LogP contribution in [0, 0.1) is 0 Å². The van der Waals surface area contributed by atoms with Gasteiger partial charge in [0.15, 0.2) is 5.78 Å². The van der Waals surface area contributed by atoms with Crippen molar-refractivity contribution in [3.63, 3.8) is 0 Å². The maximum absolute atomic E-state index is 13.8. The van der Waals surface area contributed by atoms with Crippen molar-refractivity contribution in [1.29, 1.82) is 0 Å². The number of rotatable bonds is 2. The molecule has 0 radical (unpaired) electrons. The number of aromatic nitrogens is 2. The molecule has 0 saturated heterocycles. The first-order chi connectivity index (χ1) is 16.0. The first kappa shape index (κ1) is 19.5. The molecule has 0 unspecified atom stereocenters. The Kier molecular flexibility index (Phi) is 4.25. The van der Waals surface area contributed by atoms with Gasteiger partial charge in [-0.25, -0.2) is 0 Å². The summed E-state index contributed by atoms with van der Waals surface area (Å²) >= 11 is 6.00. The van der Waals surface area contributed by atoms with E-state index < -0.39 is 17.0 Å². The van der Waals surface area contributed by atoms with Crippen LogP contribution in [0.2, 0.25) is 5.02 Å². The molecule has 160 valence electrons. The molecule has 6 nitrogen and oxygen atoms in total. The first-order valence-electron chi connectivity index (χ1n) is 10.3. The molecule has 5 aromatic rings. The number of carbonyl (C=O) groups is 1. The van der Waals surface area contributed by atoms with Gasteiger partial charge >= 0.3 is 0 Å². The molecule has 0 saturated carbocycles. The van der Waals surface area contributed by atoms with Gasteiger partial charge in [-0.1, -0.05) is 35.9 Å². The summed E-state index contributed by atoms with van der Waals surface area (Å²) in [4.78, 5) is 46.0. The fraction of sp³-hybridized carbons (Fsp3) is 0.0385. The highest BCUT2D eigenvalue weighted by atomic mass is 35.5. The van der Waals surface area contributed by atoms with Crippen LogP contribution >= 0.6 is 11.6 Å². The van der Waals surface area contributed by atoms with Gasteiger partial charge in [-0.15, -0.1) is 0 Å². The predicted molar refractivity (Wildman–Crippen MR) is 127 cm³/mol. The number of hydrogen-bond acceptors (Lipinski definition) is 4. The first-order valence-corrected chi connectivity index (χ1v) is 10.7. The summed E-state index contributed by atoms with van der Waals surface area (Å²) in [5.74, 6) is -0.972. The van der Waals surface area contributed by atoms with Crippen LogP contribution in [0.3, 0.4) is 0 Å². The Morgan fingerprint density at radius 2 is 1.21 bits per heavy atom. The summed E-state index contributed by atoms with van der Waals surface area (Å²) in [6.45, 7) is 0. The van der Waals surface area contributed by atoms with Crippen molar-refractivity contribution in [3.8, 4) is 11.5 Å². The van der Waals surface area contributed by atoms with E-state index in [0.717, 1.165) is 0 Å². The maximum Gasteiger partial charge on any atom is 0.256 e. The van der Waals surface area contributed by atoms with Gasteiger partial charge < -0.3 is 14.7 Å². The van der Waals surface area contributed by atoms with Crippen molar-refractivity contribution in [2.45, 2.75) is 5.92 Å². The van der Waals surface area contributed by atoms with E-state index in [1.807, 2.05) is 24.3 Å². The Balaban J connectivity index is 1.73. The Labute approximate surface area is 191 Å². The second-order valence-corrected chi connectivity index (χ2v) is 8.33. The molecule has 2 aromatic heterocycles. The number of halogens is 1. The molecule has 33 heavy (non-hydrogen) atoms. The Hall–Kier alpha value is -4.16. The molecule has 2 N–H and O–H groups in total. The van der Waals surface area contributed by atoms with E-state index >= 15 is 0 Å². The number of para-hydroxylation sites is 2. The molecule has 0 amide bonds. The van der Waals surface area contributed by atoms with Crippen LogP contribution in [-0.4, -0.2) is 15.8 Å². The number of hydrogen-bond donors (Lipinski definition) is 2. The SMILES string of the molecule is O=C(c1ccc(Cl)cc1)C1c2c(c3ccccc3[nH]c2=O)Oc2c1c(=O)[nH]c1ccccc21. The fourth-order valence-electron chi connectivity index (χ4n) is 4.49. The molecule has 0 aliphatic carbocycles. The molecule has 0 spiro atoms. The van der Waals surface area contributed by atoms with Gasteiger partial charge in [0.1, 0.15) is 11.5 Å². The smallest absolute Gasteiger partial charge is 0.256 e. The molecule has 0 bridgehead atoms. The van der Waals surface area contributed by atoms with Crippen molar-refractivity contribution in [1.82, 2.24) is 9.97 Å². The van der Waals surface area contributed by atoms with Crippen LogP contribution in [0.1, 0.15) is 27.4 Å². The largest absolute Gasteiger partial charge is 0.455 e. The van der Waals surface area contributed by atoms with E-state index in [1.165, 1.54) is 0 Å². The summed E-state index contributed by atoms with van der Waals surface area (Å²) < 4.78 is 6.29. The lowest BCUT2D eigenvalue weighted by Gasteiger charge is -2.28. The lowest BCUT2D eigenvalue weighted by atomic mass is 9.82. The molecule has 1 aliphatic rings. The molecule has 3 aromatic carbocycles. The van der Waals surface area contributed by atoms with Crippen LogP contribution in [0.25, 0.3) is 21.8 Å². The summed E-state index contributed by atoms with van der Waals surface area (Å²) in [7, 11) is 0. The number of nitrogens with one attached hydrogen (secondary N) is 2. The van der Waals surface area contributed by atoms with Crippen molar-refractivity contribution in [3.05, 3.63) is 115 Å². The van der Waals surface area contributed by atoms with Gasteiger partial charge in [0.25, 0.3) is 11.1 Å². The number of carbonyl (C=O) groups excluding carboxylic acids is 1. The van der Waals surface area contributed by atoms with Crippen molar-refractivity contribution >= 4 is 39.2 Å². The Bertz CT molecular complexity index is 1620. The Morgan fingerprint density at radius 3 is 1.73 bits per heavy atom. The molecule has 7 heteroatoms. The van der Waals surface area contributed by atoms with Gasteiger partial charge in [-0.3, -0.25) is 14.4 Å². The minimum atomic E-state index is -1.15. The molecule has 0 atom stereocenters. The van der Waals surface area contributed by atoms with Crippen LogP contribution in [0.4, 0.5) is 0 Å². The highest BCUT2D eigenvalue weighted by molar-refractivity contribution is 6.30. The average Bonchev–Trinajstić information content (AvgIpc) is 2.83. The minimum absolute atomic E-state index is 0.113. The third kappa shape index (κ3) is 2.92. The number of benzene rings is 3. The van der Waals surface area contributed by atoms with Gasteiger partial charge in [-0.2, -0.15) is 0 Å². The van der Waals surface area contributed by atoms with Gasteiger partial charge in [0.05, 0.1) is 28.1 Å². The topological polar surface area (TPSA) is 92.0 Å². The zero-order valence-corrected chi connectivity index (χ0v) is 17.8. The van der Waals surface area contributed by atoms with Crippen LogP contribution in [-0.2, 0) is 0 Å². The lowest BCUT2D eigenvalue weighted by Crippen LogP contribution is -2.32. The third-order valence-electron chi connectivity index (χ3n) is 5.99. The minimum Gasteiger partial charge on any atom is -0.455 e. The number of Topliss-reactive ketones (excluding diaryl/α,β-unsaturated/α-hetero) is 1. The highest BCUT2D eigenvalue weighted by Crippen LogP contribution is 2.47. The third-order valence-corrected chi connectivity index (χ3v) is 6.24. The summed E-state index contributed by atoms with van der Waals surface area (Å²) in [6, 6.07) is 20.8. The van der Waals surface area contributed by atoms with E-state index in [2.05, 4.69) is 9.97 Å². The maximum atomic E-state index is 13.8. The standard InChI is InChI=1S/C26H15ClN2O4/c27-14-11-9-13(10-12-14)22(30)19-20-23(15-5-1-3-7-17(15)28-25(20)31)33-24-16-6-2-4-8-18(16)29-26(32)21(19)24/h1-12,19H,(H,28,31)(H,29,32). The molecular weight excluding hydrogens is 440 g/mol. The molecular formula is C26H15ClN2O4. The van der Waals surface area contributed by atoms with E-state index in [4.69, 9.17) is 16.3 Å². The van der Waals surface area contributed by atoms with Crippen molar-refractivity contribution in [2.24, 2.45) is 0 Å². The summed E-state index contributed by atoms with van der Waals surface area (Å²) in [5, 5.41) is 1.78. The second-order valence-electron chi connectivity index (χ2n) is 7.89. The second kappa shape index (κ2) is 7.18. The van der Waals surface area contributed by atoms with Crippen molar-refractivity contribution < 1.29 is 9.53 Å². The van der Waals surface area contributed by atoms with E-state index in [-0.39, 0.29) is 28.4 Å². The monoisotopic (exact) mass is 454 g/mol. The molecule has 3 heterocycles. The molecule has 6 rings (SSSR count). The highest BCUT2D eigenvalue weighted by Gasteiger charge is 2.39. The number of pyridine rings is 2. The number of ether oxygens (including phenoxy) is 1. The number of fused-ring (bicyclic) bond motifs is 6. The zero-order valence-electron chi connectivity index (χ0n) is 17.0. The quantitative estimate of drug-likeness (QED) is 0.361. The number of ketones is 1. The lowest BCUT2D eigenvalue weighted by molar-refractivity contribution is 0.0969. The number of H-pyrrole nitrogens is 2. The van der Waals surface area contributed by atoms with E-state index in [0.29, 0.717) is 32.4 Å². The van der Waals surface area contributed by atoms with E-state index in [1.54, 1.807) is 48.5 Å². The molecule has 0 fully saturated rings. The zero-order chi connectivity index (χ0) is 22.7. The van der Waals surface area contributed by atoms with E-state index in [9.17, 15) is 14.4 Å². The number of aromatic amines is 2. The predicted octanol–water partition coefficient (Wildman–Crippen LogP) is 5.14. The van der Waals surface area contributed by atoms with Gasteiger partial charge in [0, 0.05) is 21.4 Å². The Morgan fingerprint density at radius 1 is 0.727 bits per heavy atom. The van der Waals surface area contributed by atoms with Crippen molar-refractivity contribution in [2.75, 3.05) is 0 Å². The normalized spacial score (nSPS) is 12.9. The van der Waals surface area contributed by atoms with Crippen LogP contribution < -0.4 is 15.9 Å². The van der Waals surface area contributed by atoms with Gasteiger partial charge in [-0.05, 0) is 48.5 Å². The van der Waals surface area contributed by atoms with Crippen LogP contribution in [0.15, 0.2) is 82.4 Å². The molecule has 1 aliphatic heterocycles.